The average Bonchev–Trinajstić information content (AvgIpc) is 2.46. The van der Waals surface area contributed by atoms with E-state index in [1.54, 1.807) is 43.5 Å². The van der Waals surface area contributed by atoms with Crippen molar-refractivity contribution in [2.24, 2.45) is 0 Å². The molecule has 96 valence electrons. The van der Waals surface area contributed by atoms with Crippen LogP contribution in [0.25, 0.3) is 0 Å². The molecule has 0 saturated carbocycles. The Morgan fingerprint density at radius 2 is 1.68 bits per heavy atom. The standard InChI is InChI=1S/C16H13ClO2/c1-19-15-9-5-13(6-10-15)16(18)11-4-12-2-7-14(17)8-3-12/h2-3,5-10,16,18H,1H3/t16-/m0/s1. The molecule has 0 unspecified atom stereocenters. The van der Waals surface area contributed by atoms with Gasteiger partial charge in [0.1, 0.15) is 11.9 Å². The SMILES string of the molecule is COc1ccc([C@@H](O)C#Cc2ccc(Cl)cc2)cc1. The Morgan fingerprint density at radius 3 is 2.26 bits per heavy atom. The van der Waals surface area contributed by atoms with E-state index in [0.29, 0.717) is 5.02 Å². The van der Waals surface area contributed by atoms with E-state index in [1.165, 1.54) is 0 Å². The van der Waals surface area contributed by atoms with Crippen LogP contribution in [-0.2, 0) is 0 Å². The zero-order valence-electron chi connectivity index (χ0n) is 10.4. The van der Waals surface area contributed by atoms with Gasteiger partial charge in [-0.25, -0.2) is 0 Å². The van der Waals surface area contributed by atoms with E-state index in [-0.39, 0.29) is 0 Å². The molecule has 3 heteroatoms. The van der Waals surface area contributed by atoms with E-state index in [4.69, 9.17) is 16.3 Å². The van der Waals surface area contributed by atoms with Crippen molar-refractivity contribution >= 4 is 11.6 Å². The van der Waals surface area contributed by atoms with Crippen molar-refractivity contribution in [1.82, 2.24) is 0 Å². The number of aliphatic hydroxyl groups is 1. The number of rotatable bonds is 2. The second-order valence-electron chi connectivity index (χ2n) is 3.95. The molecule has 19 heavy (non-hydrogen) atoms. The third-order valence-electron chi connectivity index (χ3n) is 2.63. The van der Waals surface area contributed by atoms with Crippen LogP contribution < -0.4 is 4.74 Å². The van der Waals surface area contributed by atoms with Crippen molar-refractivity contribution in [3.05, 3.63) is 64.7 Å². The highest BCUT2D eigenvalue weighted by Crippen LogP contribution is 2.17. The fraction of sp³-hybridized carbons (Fsp3) is 0.125. The maximum absolute atomic E-state index is 9.96. The summed E-state index contributed by atoms with van der Waals surface area (Å²) in [7, 11) is 1.60. The third-order valence-corrected chi connectivity index (χ3v) is 2.88. The smallest absolute Gasteiger partial charge is 0.140 e. The summed E-state index contributed by atoms with van der Waals surface area (Å²) in [4.78, 5) is 0. The summed E-state index contributed by atoms with van der Waals surface area (Å²) < 4.78 is 5.06. The van der Waals surface area contributed by atoms with Crippen LogP contribution in [0.2, 0.25) is 5.02 Å². The van der Waals surface area contributed by atoms with Crippen LogP contribution in [-0.4, -0.2) is 12.2 Å². The Bertz CT molecular complexity index is 591. The van der Waals surface area contributed by atoms with Crippen LogP contribution in [0.5, 0.6) is 5.75 Å². The van der Waals surface area contributed by atoms with E-state index in [2.05, 4.69) is 11.8 Å². The molecule has 0 fully saturated rings. The van der Waals surface area contributed by atoms with E-state index < -0.39 is 6.10 Å². The van der Waals surface area contributed by atoms with Crippen LogP contribution >= 0.6 is 11.6 Å². The van der Waals surface area contributed by atoms with Gasteiger partial charge >= 0.3 is 0 Å². The molecule has 0 saturated heterocycles. The van der Waals surface area contributed by atoms with Crippen molar-refractivity contribution in [2.45, 2.75) is 6.10 Å². The summed E-state index contributed by atoms with van der Waals surface area (Å²) in [5, 5.41) is 10.6. The predicted octanol–water partition coefficient (Wildman–Crippen LogP) is 3.43. The van der Waals surface area contributed by atoms with E-state index in [1.807, 2.05) is 12.1 Å². The average molecular weight is 273 g/mol. The minimum atomic E-state index is -0.818. The van der Waals surface area contributed by atoms with Gasteiger partial charge in [-0.2, -0.15) is 0 Å². The van der Waals surface area contributed by atoms with Gasteiger partial charge in [-0.05, 0) is 42.0 Å². The third kappa shape index (κ3) is 3.75. The highest BCUT2D eigenvalue weighted by Gasteiger charge is 2.03. The lowest BCUT2D eigenvalue weighted by Gasteiger charge is -2.04. The highest BCUT2D eigenvalue weighted by molar-refractivity contribution is 6.30. The number of hydrogen-bond donors (Lipinski definition) is 1. The minimum absolute atomic E-state index is 0.668. The molecule has 2 aromatic rings. The van der Waals surface area contributed by atoms with Crippen molar-refractivity contribution in [3.63, 3.8) is 0 Å². The molecule has 2 rings (SSSR count). The minimum Gasteiger partial charge on any atom is -0.497 e. The van der Waals surface area contributed by atoms with Gasteiger partial charge in [0.2, 0.25) is 0 Å². The Kier molecular flexibility index (Phi) is 4.46. The van der Waals surface area contributed by atoms with Gasteiger partial charge < -0.3 is 9.84 Å². The summed E-state index contributed by atoms with van der Waals surface area (Å²) >= 11 is 5.79. The molecule has 0 aromatic heterocycles. The Labute approximate surface area is 117 Å². The Morgan fingerprint density at radius 1 is 1.05 bits per heavy atom. The first-order chi connectivity index (χ1) is 9.19. The van der Waals surface area contributed by atoms with E-state index >= 15 is 0 Å². The largest absolute Gasteiger partial charge is 0.497 e. The molecule has 0 spiro atoms. The highest BCUT2D eigenvalue weighted by atomic mass is 35.5. The summed E-state index contributed by atoms with van der Waals surface area (Å²) in [5.41, 5.74) is 1.55. The van der Waals surface area contributed by atoms with Crippen LogP contribution in [0.3, 0.4) is 0 Å². The normalized spacial score (nSPS) is 11.3. The van der Waals surface area contributed by atoms with Crippen LogP contribution in [0.4, 0.5) is 0 Å². The number of aliphatic hydroxyl groups excluding tert-OH is 1. The van der Waals surface area contributed by atoms with Gasteiger partial charge in [0.15, 0.2) is 0 Å². The molecular formula is C16H13ClO2. The van der Waals surface area contributed by atoms with Gasteiger partial charge in [0.05, 0.1) is 7.11 Å². The fourth-order valence-corrected chi connectivity index (χ4v) is 1.68. The van der Waals surface area contributed by atoms with Crippen molar-refractivity contribution < 1.29 is 9.84 Å². The van der Waals surface area contributed by atoms with Crippen LogP contribution in [0.15, 0.2) is 48.5 Å². The molecular weight excluding hydrogens is 260 g/mol. The number of halogens is 1. The molecule has 1 atom stereocenters. The monoisotopic (exact) mass is 272 g/mol. The molecule has 0 aliphatic carbocycles. The molecule has 0 aliphatic rings. The first kappa shape index (κ1) is 13.5. The number of ether oxygens (including phenoxy) is 1. The molecule has 2 nitrogen and oxygen atoms in total. The molecule has 0 amide bonds. The first-order valence-corrected chi connectivity index (χ1v) is 6.16. The topological polar surface area (TPSA) is 29.5 Å². The number of benzene rings is 2. The molecule has 0 heterocycles. The maximum Gasteiger partial charge on any atom is 0.140 e. The summed E-state index contributed by atoms with van der Waals surface area (Å²) in [6.07, 6.45) is -0.818. The van der Waals surface area contributed by atoms with Gasteiger partial charge in [0.25, 0.3) is 0 Å². The molecule has 0 radical (unpaired) electrons. The van der Waals surface area contributed by atoms with E-state index in [0.717, 1.165) is 16.9 Å². The first-order valence-electron chi connectivity index (χ1n) is 5.78. The lowest BCUT2D eigenvalue weighted by Crippen LogP contribution is -1.93. The van der Waals surface area contributed by atoms with Gasteiger partial charge in [0, 0.05) is 10.6 Å². The lowest BCUT2D eigenvalue weighted by atomic mass is 10.1. The zero-order chi connectivity index (χ0) is 13.7. The van der Waals surface area contributed by atoms with Gasteiger partial charge in [-0.3, -0.25) is 0 Å². The van der Waals surface area contributed by atoms with Crippen LogP contribution in [0.1, 0.15) is 17.2 Å². The Hall–Kier alpha value is -1.95. The summed E-state index contributed by atoms with van der Waals surface area (Å²) in [6.45, 7) is 0. The van der Waals surface area contributed by atoms with Crippen molar-refractivity contribution in [3.8, 4) is 17.6 Å². The molecule has 2 aromatic carbocycles. The summed E-state index contributed by atoms with van der Waals surface area (Å²) in [6, 6.07) is 14.3. The van der Waals surface area contributed by atoms with Crippen molar-refractivity contribution in [2.75, 3.05) is 7.11 Å². The number of hydrogen-bond acceptors (Lipinski definition) is 2. The van der Waals surface area contributed by atoms with Gasteiger partial charge in [-0.1, -0.05) is 35.6 Å². The maximum atomic E-state index is 9.96. The fourth-order valence-electron chi connectivity index (χ4n) is 1.55. The second kappa shape index (κ2) is 6.29. The van der Waals surface area contributed by atoms with E-state index in [9.17, 15) is 5.11 Å². The summed E-state index contributed by atoms with van der Waals surface area (Å²) in [5.74, 6) is 6.45. The predicted molar refractivity (Wildman–Crippen MR) is 76.3 cm³/mol. The zero-order valence-corrected chi connectivity index (χ0v) is 11.2. The van der Waals surface area contributed by atoms with Crippen molar-refractivity contribution in [1.29, 1.82) is 0 Å². The molecule has 1 N–H and O–H groups in total. The number of methoxy groups -OCH3 is 1. The lowest BCUT2D eigenvalue weighted by molar-refractivity contribution is 0.238. The molecule has 0 aliphatic heterocycles. The van der Waals surface area contributed by atoms with Crippen LogP contribution in [0, 0.1) is 11.8 Å². The Balaban J connectivity index is 2.12. The molecule has 0 bridgehead atoms. The van der Waals surface area contributed by atoms with Gasteiger partial charge in [-0.15, -0.1) is 0 Å². The quantitative estimate of drug-likeness (QED) is 0.849. The second-order valence-corrected chi connectivity index (χ2v) is 4.39.